The highest BCUT2D eigenvalue weighted by Gasteiger charge is 2.32. The molecule has 0 saturated heterocycles. The molecular weight excluding hydrogens is 306 g/mol. The molecule has 0 radical (unpaired) electrons. The predicted molar refractivity (Wildman–Crippen MR) is 85.3 cm³/mol. The number of halogens is 1. The molecule has 0 bridgehead atoms. The molecule has 100 valence electrons. The summed E-state index contributed by atoms with van der Waals surface area (Å²) in [6.07, 6.45) is 7.80. The summed E-state index contributed by atoms with van der Waals surface area (Å²) >= 11 is 5.69. The molecule has 2 rings (SSSR count). The summed E-state index contributed by atoms with van der Waals surface area (Å²) < 4.78 is 1.72. The third kappa shape index (κ3) is 3.52. The van der Waals surface area contributed by atoms with Gasteiger partial charge >= 0.3 is 0 Å². The summed E-state index contributed by atoms with van der Waals surface area (Å²) in [5.41, 5.74) is 2.66. The van der Waals surface area contributed by atoms with Gasteiger partial charge in [0.05, 0.1) is 0 Å². The largest absolute Gasteiger partial charge is 0.311 e. The molecule has 18 heavy (non-hydrogen) atoms. The Bertz CT molecular complexity index is 399. The van der Waals surface area contributed by atoms with Crippen molar-refractivity contribution in [2.45, 2.75) is 43.9 Å². The average molecular weight is 328 g/mol. The van der Waals surface area contributed by atoms with Crippen LogP contribution >= 0.6 is 27.7 Å². The van der Waals surface area contributed by atoms with E-state index in [1.165, 1.54) is 41.3 Å². The van der Waals surface area contributed by atoms with Crippen LogP contribution in [-0.2, 0) is 6.54 Å². The molecule has 1 aliphatic carbocycles. The lowest BCUT2D eigenvalue weighted by molar-refractivity contribution is 0.533. The van der Waals surface area contributed by atoms with Crippen LogP contribution in [0, 0.1) is 6.92 Å². The quantitative estimate of drug-likeness (QED) is 0.853. The van der Waals surface area contributed by atoms with Crippen molar-refractivity contribution in [2.75, 3.05) is 12.8 Å². The normalized spacial score (nSPS) is 18.2. The Labute approximate surface area is 123 Å². The van der Waals surface area contributed by atoms with Crippen LogP contribution in [0.3, 0.4) is 0 Å². The molecule has 1 nitrogen and oxygen atoms in total. The summed E-state index contributed by atoms with van der Waals surface area (Å²) in [5.74, 6) is 0. The van der Waals surface area contributed by atoms with Crippen molar-refractivity contribution in [3.63, 3.8) is 0 Å². The third-order valence-corrected chi connectivity index (χ3v) is 6.08. The van der Waals surface area contributed by atoms with E-state index in [1.807, 2.05) is 11.8 Å². The van der Waals surface area contributed by atoms with Crippen LogP contribution < -0.4 is 5.32 Å². The maximum Gasteiger partial charge on any atom is 0.0281 e. The Morgan fingerprint density at radius 2 is 2.06 bits per heavy atom. The molecule has 0 spiro atoms. The first-order valence-corrected chi connectivity index (χ1v) is 8.68. The van der Waals surface area contributed by atoms with E-state index in [-0.39, 0.29) is 0 Å². The molecule has 3 heteroatoms. The zero-order valence-corrected chi connectivity index (χ0v) is 13.7. The Kier molecular flexibility index (Phi) is 5.16. The summed E-state index contributed by atoms with van der Waals surface area (Å²) in [7, 11) is 0. The number of nitrogens with one attached hydrogen (secondary N) is 1. The van der Waals surface area contributed by atoms with E-state index >= 15 is 0 Å². The zero-order valence-electron chi connectivity index (χ0n) is 11.3. The second-order valence-electron chi connectivity index (χ2n) is 5.29. The fourth-order valence-corrected chi connectivity index (χ4v) is 4.27. The van der Waals surface area contributed by atoms with Gasteiger partial charge in [-0.2, -0.15) is 11.8 Å². The topological polar surface area (TPSA) is 12.0 Å². The van der Waals surface area contributed by atoms with Crippen molar-refractivity contribution in [1.82, 2.24) is 5.32 Å². The lowest BCUT2D eigenvalue weighted by atomic mass is 10.1. The predicted octanol–water partition coefficient (Wildman–Crippen LogP) is 4.52. The van der Waals surface area contributed by atoms with E-state index in [0.717, 1.165) is 13.1 Å². The molecular formula is C15H22BrNS. The molecule has 0 atom stereocenters. The maximum absolute atomic E-state index is 3.65. The third-order valence-electron chi connectivity index (χ3n) is 3.92. The van der Waals surface area contributed by atoms with Gasteiger partial charge in [-0.1, -0.05) is 40.9 Å². The number of hydrogen-bond acceptors (Lipinski definition) is 2. The van der Waals surface area contributed by atoms with Crippen LogP contribution in [0.25, 0.3) is 0 Å². The standard InChI is InChI=1S/C15H22BrNS/c1-12-5-6-13(14(16)9-12)10-17-11-15(18-2)7-3-4-8-15/h5-6,9,17H,3-4,7-8,10-11H2,1-2H3. The second-order valence-corrected chi connectivity index (χ2v) is 7.42. The van der Waals surface area contributed by atoms with Crippen molar-refractivity contribution < 1.29 is 0 Å². The Morgan fingerprint density at radius 3 is 2.67 bits per heavy atom. The van der Waals surface area contributed by atoms with Gasteiger partial charge in [-0.3, -0.25) is 0 Å². The highest BCUT2D eigenvalue weighted by molar-refractivity contribution is 9.10. The van der Waals surface area contributed by atoms with Gasteiger partial charge in [0.2, 0.25) is 0 Å². The fourth-order valence-electron chi connectivity index (χ4n) is 2.69. The number of rotatable bonds is 5. The van der Waals surface area contributed by atoms with Crippen LogP contribution in [0.15, 0.2) is 22.7 Å². The van der Waals surface area contributed by atoms with Gasteiger partial charge < -0.3 is 5.32 Å². The van der Waals surface area contributed by atoms with Crippen molar-refractivity contribution >= 4 is 27.7 Å². The molecule has 1 fully saturated rings. The smallest absolute Gasteiger partial charge is 0.0281 e. The molecule has 0 heterocycles. The first kappa shape index (κ1) is 14.4. The van der Waals surface area contributed by atoms with Crippen LogP contribution in [0.5, 0.6) is 0 Å². The number of thioether (sulfide) groups is 1. The molecule has 1 saturated carbocycles. The molecule has 0 amide bonds. The van der Waals surface area contributed by atoms with Gasteiger partial charge in [-0.25, -0.2) is 0 Å². The monoisotopic (exact) mass is 327 g/mol. The van der Waals surface area contributed by atoms with Crippen LogP contribution in [-0.4, -0.2) is 17.5 Å². The molecule has 1 aromatic carbocycles. The summed E-state index contributed by atoms with van der Waals surface area (Å²) in [6.45, 7) is 4.22. The molecule has 0 aliphatic heterocycles. The van der Waals surface area contributed by atoms with Crippen molar-refractivity contribution in [1.29, 1.82) is 0 Å². The Balaban J connectivity index is 1.88. The maximum atomic E-state index is 3.65. The highest BCUT2D eigenvalue weighted by atomic mass is 79.9. The van der Waals surface area contributed by atoms with E-state index in [1.54, 1.807) is 0 Å². The molecule has 1 aliphatic rings. The van der Waals surface area contributed by atoms with Gasteiger partial charge in [0.1, 0.15) is 0 Å². The average Bonchev–Trinajstić information content (AvgIpc) is 2.81. The van der Waals surface area contributed by atoms with E-state index < -0.39 is 0 Å². The van der Waals surface area contributed by atoms with Crippen LogP contribution in [0.1, 0.15) is 36.8 Å². The summed E-state index contributed by atoms with van der Waals surface area (Å²) in [6, 6.07) is 6.59. The first-order valence-electron chi connectivity index (χ1n) is 6.66. The number of hydrogen-bond donors (Lipinski definition) is 1. The minimum atomic E-state index is 0.497. The van der Waals surface area contributed by atoms with E-state index in [9.17, 15) is 0 Å². The van der Waals surface area contributed by atoms with Crippen molar-refractivity contribution in [3.05, 3.63) is 33.8 Å². The van der Waals surface area contributed by atoms with Gasteiger partial charge in [0, 0.05) is 22.3 Å². The summed E-state index contributed by atoms with van der Waals surface area (Å²) in [4.78, 5) is 0. The van der Waals surface area contributed by atoms with Crippen LogP contribution in [0.4, 0.5) is 0 Å². The number of benzene rings is 1. The summed E-state index contributed by atoms with van der Waals surface area (Å²) in [5, 5.41) is 3.64. The van der Waals surface area contributed by atoms with Gasteiger partial charge in [0.25, 0.3) is 0 Å². The minimum absolute atomic E-state index is 0.497. The zero-order chi connectivity index (χ0) is 13.0. The number of aryl methyl sites for hydroxylation is 1. The van der Waals surface area contributed by atoms with Gasteiger partial charge in [-0.15, -0.1) is 0 Å². The first-order chi connectivity index (χ1) is 8.65. The van der Waals surface area contributed by atoms with Crippen LogP contribution in [0.2, 0.25) is 0 Å². The lowest BCUT2D eigenvalue weighted by Gasteiger charge is -2.27. The van der Waals surface area contributed by atoms with E-state index in [4.69, 9.17) is 0 Å². The van der Waals surface area contributed by atoms with Gasteiger partial charge in [-0.05, 0) is 43.2 Å². The van der Waals surface area contributed by atoms with E-state index in [0.29, 0.717) is 4.75 Å². The minimum Gasteiger partial charge on any atom is -0.311 e. The molecule has 1 aromatic rings. The second kappa shape index (κ2) is 6.44. The lowest BCUT2D eigenvalue weighted by Crippen LogP contribution is -2.34. The SMILES string of the molecule is CSC1(CNCc2ccc(C)cc2Br)CCCC1. The van der Waals surface area contributed by atoms with Crippen molar-refractivity contribution in [2.24, 2.45) is 0 Å². The molecule has 0 unspecified atom stereocenters. The molecule has 1 N–H and O–H groups in total. The van der Waals surface area contributed by atoms with E-state index in [2.05, 4.69) is 52.6 Å². The van der Waals surface area contributed by atoms with Crippen molar-refractivity contribution in [3.8, 4) is 0 Å². The highest BCUT2D eigenvalue weighted by Crippen LogP contribution is 2.39. The fraction of sp³-hybridized carbons (Fsp3) is 0.600. The van der Waals surface area contributed by atoms with Gasteiger partial charge in [0.15, 0.2) is 0 Å². The Morgan fingerprint density at radius 1 is 1.33 bits per heavy atom. The molecule has 0 aromatic heterocycles. The Hall–Kier alpha value is 0.01000.